The van der Waals surface area contributed by atoms with E-state index < -0.39 is 11.7 Å². The van der Waals surface area contributed by atoms with Crippen molar-refractivity contribution in [3.63, 3.8) is 0 Å². The summed E-state index contributed by atoms with van der Waals surface area (Å²) in [4.78, 5) is 32.3. The van der Waals surface area contributed by atoms with Crippen LogP contribution in [0.15, 0.2) is 61.1 Å². The van der Waals surface area contributed by atoms with Crippen LogP contribution in [0.1, 0.15) is 15.9 Å². The van der Waals surface area contributed by atoms with E-state index in [1.807, 2.05) is 22.7 Å². The first-order chi connectivity index (χ1) is 15.8. The van der Waals surface area contributed by atoms with Gasteiger partial charge in [-0.3, -0.25) is 9.59 Å². The van der Waals surface area contributed by atoms with Crippen molar-refractivity contribution in [3.05, 3.63) is 78.0 Å². The summed E-state index contributed by atoms with van der Waals surface area (Å²) in [6.07, 6.45) is 5.10. The molecule has 8 nitrogen and oxygen atoms in total. The molecule has 4 rings (SSSR count). The number of nitrogens with zero attached hydrogens (tertiary/aromatic N) is 3. The highest BCUT2D eigenvalue weighted by molar-refractivity contribution is 7.64. The SMILES string of the molecule is CP(C)c1ccc2nc(NC(=O)Cc3ccc(Oc4ncccc4C(N)=O)c(F)c3)cn2c1. The Morgan fingerprint density at radius 1 is 1.18 bits per heavy atom. The van der Waals surface area contributed by atoms with Crippen LogP contribution in [-0.2, 0) is 11.2 Å². The molecule has 0 saturated heterocycles. The highest BCUT2D eigenvalue weighted by Gasteiger charge is 2.15. The molecule has 2 amide bonds. The van der Waals surface area contributed by atoms with Gasteiger partial charge >= 0.3 is 0 Å². The minimum absolute atomic E-state index is 0.0365. The number of benzene rings is 1. The first kappa shape index (κ1) is 22.4. The van der Waals surface area contributed by atoms with Crippen molar-refractivity contribution in [1.29, 1.82) is 0 Å². The minimum atomic E-state index is -0.736. The lowest BCUT2D eigenvalue weighted by Gasteiger charge is -2.09. The van der Waals surface area contributed by atoms with Crippen LogP contribution in [0.3, 0.4) is 0 Å². The van der Waals surface area contributed by atoms with E-state index in [1.54, 1.807) is 12.3 Å². The van der Waals surface area contributed by atoms with Gasteiger partial charge in [0.05, 0.1) is 12.6 Å². The second kappa shape index (κ2) is 9.34. The van der Waals surface area contributed by atoms with Gasteiger partial charge in [-0.05, 0) is 60.6 Å². The molecular weight excluding hydrogens is 444 g/mol. The zero-order valence-electron chi connectivity index (χ0n) is 17.9. The molecule has 0 fully saturated rings. The summed E-state index contributed by atoms with van der Waals surface area (Å²) in [7, 11) is -0.246. The third-order valence-corrected chi connectivity index (χ3v) is 6.12. The van der Waals surface area contributed by atoms with Crippen LogP contribution in [-0.4, -0.2) is 39.5 Å². The lowest BCUT2D eigenvalue weighted by molar-refractivity contribution is -0.115. The number of hydrogen-bond donors (Lipinski definition) is 2. The summed E-state index contributed by atoms with van der Waals surface area (Å²) >= 11 is 0. The van der Waals surface area contributed by atoms with Gasteiger partial charge in [0.15, 0.2) is 17.4 Å². The van der Waals surface area contributed by atoms with E-state index in [0.29, 0.717) is 11.4 Å². The molecule has 33 heavy (non-hydrogen) atoms. The molecule has 1 aromatic carbocycles. The lowest BCUT2D eigenvalue weighted by atomic mass is 10.1. The van der Waals surface area contributed by atoms with Crippen LogP contribution in [0.2, 0.25) is 0 Å². The third-order valence-electron chi connectivity index (χ3n) is 4.82. The number of ether oxygens (including phenoxy) is 1. The molecule has 3 aromatic heterocycles. The number of halogens is 1. The molecule has 0 unspecified atom stereocenters. The molecule has 0 aliphatic rings. The Balaban J connectivity index is 1.44. The monoisotopic (exact) mass is 465 g/mol. The second-order valence-corrected chi connectivity index (χ2v) is 9.79. The summed E-state index contributed by atoms with van der Waals surface area (Å²) in [6.45, 7) is 4.33. The van der Waals surface area contributed by atoms with Gasteiger partial charge in [-0.15, -0.1) is 0 Å². The number of pyridine rings is 2. The van der Waals surface area contributed by atoms with E-state index in [1.165, 1.54) is 35.8 Å². The Bertz CT molecular complexity index is 1360. The number of anilines is 1. The van der Waals surface area contributed by atoms with Crippen molar-refractivity contribution < 1.29 is 18.7 Å². The van der Waals surface area contributed by atoms with Crippen LogP contribution >= 0.6 is 7.92 Å². The first-order valence-electron chi connectivity index (χ1n) is 9.97. The predicted octanol–water partition coefficient (Wildman–Crippen LogP) is 3.31. The second-order valence-electron chi connectivity index (χ2n) is 7.49. The molecule has 0 aliphatic heterocycles. The number of amides is 2. The van der Waals surface area contributed by atoms with Crippen LogP contribution in [0.25, 0.3) is 5.65 Å². The smallest absolute Gasteiger partial charge is 0.254 e. The molecule has 0 spiro atoms. The van der Waals surface area contributed by atoms with Gasteiger partial charge in [0.25, 0.3) is 5.91 Å². The minimum Gasteiger partial charge on any atom is -0.435 e. The van der Waals surface area contributed by atoms with Gasteiger partial charge in [-0.1, -0.05) is 14.0 Å². The Morgan fingerprint density at radius 2 is 2.00 bits per heavy atom. The topological polar surface area (TPSA) is 112 Å². The normalized spacial score (nSPS) is 11.0. The molecule has 0 atom stereocenters. The molecule has 168 valence electrons. The number of nitrogens with one attached hydrogen (secondary N) is 1. The number of rotatable bonds is 7. The Hall–Kier alpha value is -3.84. The summed E-state index contributed by atoms with van der Waals surface area (Å²) in [6, 6.07) is 11.0. The van der Waals surface area contributed by atoms with Gasteiger partial charge in [0.2, 0.25) is 11.8 Å². The Morgan fingerprint density at radius 3 is 2.73 bits per heavy atom. The maximum absolute atomic E-state index is 14.6. The summed E-state index contributed by atoms with van der Waals surface area (Å²) in [5.41, 5.74) is 6.50. The Kier molecular flexibility index (Phi) is 6.33. The molecule has 0 aliphatic carbocycles. The van der Waals surface area contributed by atoms with Crippen LogP contribution in [0.5, 0.6) is 11.6 Å². The number of fused-ring (bicyclic) bond motifs is 1. The first-order valence-corrected chi connectivity index (χ1v) is 12.2. The molecule has 0 saturated carbocycles. The fourth-order valence-corrected chi connectivity index (χ4v) is 3.91. The number of aromatic nitrogens is 3. The molecule has 10 heteroatoms. The molecule has 0 radical (unpaired) electrons. The zero-order chi connectivity index (χ0) is 23.5. The average Bonchev–Trinajstić information content (AvgIpc) is 3.17. The van der Waals surface area contributed by atoms with Crippen molar-refractivity contribution in [2.45, 2.75) is 6.42 Å². The van der Waals surface area contributed by atoms with E-state index in [4.69, 9.17) is 10.5 Å². The van der Waals surface area contributed by atoms with Gasteiger partial charge in [0, 0.05) is 12.4 Å². The maximum Gasteiger partial charge on any atom is 0.254 e. The molecule has 4 aromatic rings. The van der Waals surface area contributed by atoms with Crippen molar-refractivity contribution in [1.82, 2.24) is 14.4 Å². The lowest BCUT2D eigenvalue weighted by Crippen LogP contribution is -2.15. The Labute approximate surface area is 190 Å². The maximum atomic E-state index is 14.6. The fourth-order valence-electron chi connectivity index (χ4n) is 3.18. The molecule has 3 N–H and O–H groups in total. The van der Waals surface area contributed by atoms with Crippen LogP contribution in [0, 0.1) is 5.82 Å². The van der Waals surface area contributed by atoms with Crippen LogP contribution in [0.4, 0.5) is 10.2 Å². The van der Waals surface area contributed by atoms with Crippen molar-refractivity contribution in [3.8, 4) is 11.6 Å². The summed E-state index contributed by atoms with van der Waals surface area (Å²) in [5, 5.41) is 3.96. The third kappa shape index (κ3) is 5.15. The van der Waals surface area contributed by atoms with Gasteiger partial charge in [-0.2, -0.15) is 0 Å². The standard InChI is InChI=1S/C23H21FN5O3P/c1-33(2)15-6-8-20-27-19(13-29(20)12-15)28-21(30)11-14-5-7-18(17(24)10-14)32-23-16(22(25)31)4-3-9-26-23/h3-10,12-13H,11H2,1-2H3,(H2,25,31)(H,28,30). The summed E-state index contributed by atoms with van der Waals surface area (Å²) in [5.74, 6) is -1.58. The van der Waals surface area contributed by atoms with Crippen LogP contribution < -0.4 is 21.1 Å². The van der Waals surface area contributed by atoms with E-state index >= 15 is 0 Å². The fraction of sp³-hybridized carbons (Fsp3) is 0.130. The number of carbonyl (C=O) groups excluding carboxylic acids is 2. The van der Waals surface area contributed by atoms with Crippen molar-refractivity contribution in [2.75, 3.05) is 18.6 Å². The van der Waals surface area contributed by atoms with Gasteiger partial charge in [0.1, 0.15) is 11.2 Å². The number of primary amides is 1. The van der Waals surface area contributed by atoms with Crippen molar-refractivity contribution in [2.24, 2.45) is 5.73 Å². The molecule has 0 bridgehead atoms. The van der Waals surface area contributed by atoms with E-state index in [9.17, 15) is 14.0 Å². The van der Waals surface area contributed by atoms with E-state index in [0.717, 1.165) is 5.65 Å². The number of nitrogens with two attached hydrogens (primary N) is 1. The number of hydrogen-bond acceptors (Lipinski definition) is 5. The number of carbonyl (C=O) groups is 2. The molecule has 3 heterocycles. The number of imidazole rings is 1. The largest absolute Gasteiger partial charge is 0.435 e. The quantitative estimate of drug-likeness (QED) is 0.407. The average molecular weight is 465 g/mol. The van der Waals surface area contributed by atoms with Gasteiger partial charge < -0.3 is 20.2 Å². The zero-order valence-corrected chi connectivity index (χ0v) is 18.8. The highest BCUT2D eigenvalue weighted by Crippen LogP contribution is 2.27. The summed E-state index contributed by atoms with van der Waals surface area (Å²) < 4.78 is 21.9. The van der Waals surface area contributed by atoms with E-state index in [-0.39, 0.29) is 37.4 Å². The van der Waals surface area contributed by atoms with E-state index in [2.05, 4.69) is 28.6 Å². The van der Waals surface area contributed by atoms with Crippen molar-refractivity contribution >= 4 is 36.5 Å². The predicted molar refractivity (Wildman–Crippen MR) is 125 cm³/mol. The highest BCUT2D eigenvalue weighted by atomic mass is 31.1. The van der Waals surface area contributed by atoms with Gasteiger partial charge in [-0.25, -0.2) is 14.4 Å². The molecular formula is C23H21FN5O3P.